The van der Waals surface area contributed by atoms with E-state index in [0.29, 0.717) is 11.4 Å². The Morgan fingerprint density at radius 3 is 1.82 bits per heavy atom. The van der Waals surface area contributed by atoms with Gasteiger partial charge in [0, 0.05) is 43.8 Å². The van der Waals surface area contributed by atoms with Gasteiger partial charge in [0.05, 0.1) is 27.9 Å². The maximum absolute atomic E-state index is 11.9. The molecule has 0 spiro atoms. The predicted molar refractivity (Wildman–Crippen MR) is 158 cm³/mol. The summed E-state index contributed by atoms with van der Waals surface area (Å²) >= 11 is 0. The molecule has 0 unspecified atom stereocenters. The molecule has 8 rings (SSSR count). The van der Waals surface area contributed by atoms with Crippen molar-refractivity contribution < 1.29 is 4.79 Å². The molecule has 0 aliphatic carbocycles. The number of aldehydes is 1. The van der Waals surface area contributed by atoms with Crippen molar-refractivity contribution in [1.29, 1.82) is 0 Å². The average molecular weight is 500 g/mol. The van der Waals surface area contributed by atoms with Crippen molar-refractivity contribution in [3.63, 3.8) is 0 Å². The quantitative estimate of drug-likeness (QED) is 0.228. The first-order chi connectivity index (χ1) is 19.3. The lowest BCUT2D eigenvalue weighted by Gasteiger charge is -2.11. The Balaban J connectivity index is 1.47. The second kappa shape index (κ2) is 8.33. The highest BCUT2D eigenvalue weighted by Crippen LogP contribution is 2.41. The van der Waals surface area contributed by atoms with Crippen molar-refractivity contribution in [3.05, 3.63) is 127 Å². The van der Waals surface area contributed by atoms with Crippen LogP contribution in [-0.4, -0.2) is 20.7 Å². The second-order valence-corrected chi connectivity index (χ2v) is 9.82. The van der Waals surface area contributed by atoms with Crippen LogP contribution < -0.4 is 0 Å². The van der Waals surface area contributed by atoms with E-state index < -0.39 is 0 Å². The third-order valence-corrected chi connectivity index (χ3v) is 7.62. The number of benzene rings is 5. The monoisotopic (exact) mass is 499 g/mol. The van der Waals surface area contributed by atoms with Crippen LogP contribution in [0, 0.1) is 0 Å². The molecule has 0 radical (unpaired) electrons. The van der Waals surface area contributed by atoms with E-state index in [0.717, 1.165) is 34.4 Å². The lowest BCUT2D eigenvalue weighted by atomic mass is 10.0. The molecule has 0 aliphatic heterocycles. The topological polar surface area (TPSA) is 47.3 Å². The van der Waals surface area contributed by atoms with Gasteiger partial charge in [0.15, 0.2) is 12.1 Å². The minimum Gasteiger partial charge on any atom is -0.308 e. The Morgan fingerprint density at radius 1 is 0.538 bits per heavy atom. The summed E-state index contributed by atoms with van der Waals surface area (Å²) in [6.45, 7) is 0. The minimum atomic E-state index is 0.604. The minimum absolute atomic E-state index is 0.604. The first kappa shape index (κ1) is 21.7. The van der Waals surface area contributed by atoms with E-state index in [2.05, 4.69) is 65.1 Å². The van der Waals surface area contributed by atoms with E-state index in [-0.39, 0.29) is 0 Å². The van der Waals surface area contributed by atoms with Crippen LogP contribution in [0.5, 0.6) is 0 Å². The summed E-state index contributed by atoms with van der Waals surface area (Å²) in [5.41, 5.74) is 8.47. The summed E-state index contributed by atoms with van der Waals surface area (Å²) in [6, 6.07) is 41.2. The first-order valence-electron chi connectivity index (χ1n) is 13.0. The molecule has 0 N–H and O–H groups in total. The molecule has 0 atom stereocenters. The van der Waals surface area contributed by atoms with E-state index in [9.17, 15) is 4.79 Å². The molecule has 3 heterocycles. The van der Waals surface area contributed by atoms with Crippen LogP contribution in [0.4, 0.5) is 0 Å². The van der Waals surface area contributed by atoms with Crippen LogP contribution in [0.25, 0.3) is 72.0 Å². The summed E-state index contributed by atoms with van der Waals surface area (Å²) in [5.74, 6) is 0.631. The third kappa shape index (κ3) is 3.22. The lowest BCUT2D eigenvalue weighted by molar-refractivity contribution is 0.112. The number of nitrogens with zero attached hydrogens (tertiary/aromatic N) is 3. The standard InChI is InChI=1S/C35H21N3O/c39-21-23-12-4-5-13-25(23)31-20-30(22-10-2-1-3-11-22)36-35(37-31)24-18-28-26-14-6-8-16-32(26)38-33-17-9-7-15-27(33)29(19-24)34(28)38/h1-21H. The molecule has 182 valence electrons. The Hall–Kier alpha value is -5.35. The van der Waals surface area contributed by atoms with E-state index in [1.165, 1.54) is 38.1 Å². The third-order valence-electron chi connectivity index (χ3n) is 7.62. The maximum Gasteiger partial charge on any atom is 0.160 e. The zero-order valence-electron chi connectivity index (χ0n) is 20.9. The number of aromatic nitrogens is 3. The fourth-order valence-corrected chi connectivity index (χ4v) is 5.88. The van der Waals surface area contributed by atoms with Gasteiger partial charge in [-0.3, -0.25) is 4.79 Å². The largest absolute Gasteiger partial charge is 0.308 e. The summed E-state index contributed by atoms with van der Waals surface area (Å²) in [4.78, 5) is 22.0. The molecular weight excluding hydrogens is 478 g/mol. The van der Waals surface area contributed by atoms with Crippen molar-refractivity contribution in [2.75, 3.05) is 0 Å². The molecule has 39 heavy (non-hydrogen) atoms. The molecule has 0 aliphatic rings. The molecule has 8 aromatic rings. The molecule has 0 fully saturated rings. The highest BCUT2D eigenvalue weighted by molar-refractivity contribution is 6.24. The zero-order chi connectivity index (χ0) is 25.9. The smallest absolute Gasteiger partial charge is 0.160 e. The van der Waals surface area contributed by atoms with E-state index in [4.69, 9.17) is 9.97 Å². The van der Waals surface area contributed by atoms with Crippen molar-refractivity contribution in [2.24, 2.45) is 0 Å². The molecule has 0 amide bonds. The fourth-order valence-electron chi connectivity index (χ4n) is 5.88. The summed E-state index contributed by atoms with van der Waals surface area (Å²) in [5, 5.41) is 4.77. The highest BCUT2D eigenvalue weighted by Gasteiger charge is 2.20. The van der Waals surface area contributed by atoms with Gasteiger partial charge in [0.25, 0.3) is 0 Å². The number of hydrogen-bond acceptors (Lipinski definition) is 3. The van der Waals surface area contributed by atoms with E-state index >= 15 is 0 Å². The lowest BCUT2D eigenvalue weighted by Crippen LogP contribution is -1.97. The molecule has 3 aromatic heterocycles. The van der Waals surface area contributed by atoms with Gasteiger partial charge in [-0.15, -0.1) is 0 Å². The van der Waals surface area contributed by atoms with Gasteiger partial charge in [0.1, 0.15) is 0 Å². The molecule has 0 saturated carbocycles. The number of para-hydroxylation sites is 2. The molecule has 5 aromatic carbocycles. The summed E-state index contributed by atoms with van der Waals surface area (Å²) in [7, 11) is 0. The SMILES string of the molecule is O=Cc1ccccc1-c1cc(-c2ccccc2)nc(-c2cc3c4ccccc4n4c5ccccc5c(c2)c34)n1. The summed E-state index contributed by atoms with van der Waals surface area (Å²) in [6.07, 6.45) is 0.887. The van der Waals surface area contributed by atoms with Crippen LogP contribution in [0.15, 0.2) is 121 Å². The first-order valence-corrected chi connectivity index (χ1v) is 13.0. The van der Waals surface area contributed by atoms with Crippen LogP contribution in [0.1, 0.15) is 10.4 Å². The highest BCUT2D eigenvalue weighted by atomic mass is 16.1. The van der Waals surface area contributed by atoms with E-state index in [1.54, 1.807) is 0 Å². The van der Waals surface area contributed by atoms with Gasteiger partial charge in [-0.2, -0.15) is 0 Å². The molecule has 0 bridgehead atoms. The molecule has 0 saturated heterocycles. The molecular formula is C35H21N3O. The van der Waals surface area contributed by atoms with Crippen molar-refractivity contribution >= 4 is 44.4 Å². The number of carbonyl (C=O) groups excluding carboxylic acids is 1. The normalized spacial score (nSPS) is 11.7. The van der Waals surface area contributed by atoms with Crippen LogP contribution in [0.2, 0.25) is 0 Å². The Labute approximate surface area is 224 Å². The fraction of sp³-hybridized carbons (Fsp3) is 0. The Morgan fingerprint density at radius 2 is 1.13 bits per heavy atom. The van der Waals surface area contributed by atoms with Crippen LogP contribution in [0.3, 0.4) is 0 Å². The summed E-state index contributed by atoms with van der Waals surface area (Å²) < 4.78 is 2.37. The number of hydrogen-bond donors (Lipinski definition) is 0. The van der Waals surface area contributed by atoms with Crippen LogP contribution >= 0.6 is 0 Å². The van der Waals surface area contributed by atoms with Gasteiger partial charge in [-0.05, 0) is 30.3 Å². The van der Waals surface area contributed by atoms with Gasteiger partial charge < -0.3 is 4.40 Å². The molecule has 4 heteroatoms. The van der Waals surface area contributed by atoms with Crippen LogP contribution in [-0.2, 0) is 0 Å². The van der Waals surface area contributed by atoms with Crippen molar-refractivity contribution in [1.82, 2.24) is 14.4 Å². The average Bonchev–Trinajstić information content (AvgIpc) is 3.53. The van der Waals surface area contributed by atoms with Gasteiger partial charge in [-0.25, -0.2) is 9.97 Å². The van der Waals surface area contributed by atoms with Gasteiger partial charge in [-0.1, -0.05) is 91.0 Å². The second-order valence-electron chi connectivity index (χ2n) is 9.82. The van der Waals surface area contributed by atoms with Crippen molar-refractivity contribution in [2.45, 2.75) is 0 Å². The van der Waals surface area contributed by atoms with E-state index in [1.807, 2.05) is 60.7 Å². The van der Waals surface area contributed by atoms with Crippen molar-refractivity contribution in [3.8, 4) is 33.9 Å². The number of carbonyl (C=O) groups is 1. The Kier molecular flexibility index (Phi) is 4.64. The Bertz CT molecular complexity index is 2110. The maximum atomic E-state index is 11.9. The van der Waals surface area contributed by atoms with Gasteiger partial charge in [0.2, 0.25) is 0 Å². The molecule has 4 nitrogen and oxygen atoms in total. The van der Waals surface area contributed by atoms with Gasteiger partial charge >= 0.3 is 0 Å². The number of rotatable bonds is 4. The number of fused-ring (bicyclic) bond motifs is 6. The zero-order valence-corrected chi connectivity index (χ0v) is 20.9. The predicted octanol–water partition coefficient (Wildman–Crippen LogP) is 8.44.